The van der Waals surface area contributed by atoms with Gasteiger partial charge in [-0.3, -0.25) is 0 Å². The molecule has 0 aliphatic carbocycles. The van der Waals surface area contributed by atoms with Crippen molar-refractivity contribution < 1.29 is 15.3 Å². The van der Waals surface area contributed by atoms with Gasteiger partial charge in [-0.05, 0) is 19.1 Å². The molecule has 0 rings (SSSR count). The molecule has 52 valence electrons. The predicted octanol–water partition coefficient (Wildman–Crippen LogP) is 0.315. The Morgan fingerprint density at radius 1 is 1.56 bits per heavy atom. The predicted molar refractivity (Wildman–Crippen MR) is 33.8 cm³/mol. The molecule has 0 atom stereocenters. The molecule has 0 aliphatic rings. The molecule has 3 nitrogen and oxygen atoms in total. The number of allylic oxidation sites excluding steroid dienone is 1. The van der Waals surface area contributed by atoms with E-state index >= 15 is 0 Å². The average Bonchev–Trinajstić information content (AvgIpc) is 1.59. The first-order chi connectivity index (χ1) is 3.92. The minimum atomic E-state index is -1.87. The van der Waals surface area contributed by atoms with Crippen molar-refractivity contribution in [3.8, 4) is 0 Å². The summed E-state index contributed by atoms with van der Waals surface area (Å²) in [6, 6.07) is 0. The molecule has 0 amide bonds. The summed E-state index contributed by atoms with van der Waals surface area (Å²) in [5, 5.41) is 25.6. The maximum atomic E-state index is 8.58. The summed E-state index contributed by atoms with van der Waals surface area (Å²) in [6.07, 6.45) is 2.13. The Morgan fingerprint density at radius 3 is 2.11 bits per heavy atom. The fourth-order valence-corrected chi connectivity index (χ4v) is 0.254. The lowest BCUT2D eigenvalue weighted by Gasteiger charge is -2.07. The molecule has 0 heterocycles. The summed E-state index contributed by atoms with van der Waals surface area (Å²) in [6.45, 7) is 4.28. The van der Waals surface area contributed by atoms with E-state index in [1.54, 1.807) is 0 Å². The van der Waals surface area contributed by atoms with Gasteiger partial charge in [-0.15, -0.1) is 0 Å². The fourth-order valence-electron chi connectivity index (χ4n) is 0.254. The van der Waals surface area contributed by atoms with Gasteiger partial charge >= 0.3 is 0 Å². The lowest BCUT2D eigenvalue weighted by Crippen LogP contribution is -2.18. The van der Waals surface area contributed by atoms with Crippen LogP contribution in [0.4, 0.5) is 0 Å². The molecule has 0 unspecified atom stereocenters. The minimum absolute atomic E-state index is 0.204. The molecular formula is C6H10O3. The quantitative estimate of drug-likeness (QED) is 0.286. The van der Waals surface area contributed by atoms with Crippen LogP contribution in [-0.4, -0.2) is 21.1 Å². The molecule has 9 heavy (non-hydrogen) atoms. The highest BCUT2D eigenvalue weighted by Gasteiger charge is 2.07. The van der Waals surface area contributed by atoms with Crippen LogP contribution in [0.15, 0.2) is 24.5 Å². The number of rotatable bonds is 2. The van der Waals surface area contributed by atoms with Crippen LogP contribution < -0.4 is 0 Å². The third kappa shape index (κ3) is 7.20. The monoisotopic (exact) mass is 130 g/mol. The lowest BCUT2D eigenvalue weighted by atomic mass is 10.3. The summed E-state index contributed by atoms with van der Waals surface area (Å²) in [7, 11) is 0. The molecule has 0 spiro atoms. The zero-order chi connectivity index (χ0) is 7.49. The molecule has 3 heteroatoms. The Morgan fingerprint density at radius 2 is 2.00 bits per heavy atom. The molecule has 0 aromatic carbocycles. The van der Waals surface area contributed by atoms with Gasteiger partial charge in [0.25, 0.3) is 0 Å². The zero-order valence-electron chi connectivity index (χ0n) is 5.20. The lowest BCUT2D eigenvalue weighted by molar-refractivity contribution is -0.101. The number of aliphatic hydroxyl groups is 3. The van der Waals surface area contributed by atoms with E-state index in [-0.39, 0.29) is 5.76 Å². The van der Waals surface area contributed by atoms with Crippen molar-refractivity contribution >= 4 is 0 Å². The van der Waals surface area contributed by atoms with E-state index < -0.39 is 5.79 Å². The zero-order valence-corrected chi connectivity index (χ0v) is 5.20. The van der Waals surface area contributed by atoms with Gasteiger partial charge in [-0.2, -0.15) is 0 Å². The van der Waals surface area contributed by atoms with E-state index in [0.29, 0.717) is 0 Å². The van der Waals surface area contributed by atoms with Crippen molar-refractivity contribution in [3.05, 3.63) is 24.5 Å². The van der Waals surface area contributed by atoms with Crippen molar-refractivity contribution in [2.24, 2.45) is 0 Å². The number of hydrogen-bond donors (Lipinski definition) is 3. The van der Waals surface area contributed by atoms with Crippen LogP contribution >= 0.6 is 0 Å². The molecule has 0 saturated carbocycles. The summed E-state index contributed by atoms with van der Waals surface area (Å²) in [5.74, 6) is -2.07. The highest BCUT2D eigenvalue weighted by Crippen LogP contribution is 1.99. The van der Waals surface area contributed by atoms with E-state index in [9.17, 15) is 0 Å². The first-order valence-electron chi connectivity index (χ1n) is 2.44. The number of aliphatic hydroxyl groups excluding tert-OH is 1. The van der Waals surface area contributed by atoms with Crippen LogP contribution in [0.1, 0.15) is 6.92 Å². The second-order valence-corrected chi connectivity index (χ2v) is 1.92. The maximum absolute atomic E-state index is 8.58. The van der Waals surface area contributed by atoms with Crippen molar-refractivity contribution in [1.82, 2.24) is 0 Å². The molecule has 0 saturated heterocycles. The summed E-state index contributed by atoms with van der Waals surface area (Å²) < 4.78 is 0. The summed E-state index contributed by atoms with van der Waals surface area (Å²) in [5.41, 5.74) is 0. The molecule has 0 aromatic heterocycles. The molecule has 0 bridgehead atoms. The second-order valence-electron chi connectivity index (χ2n) is 1.92. The third-order valence-electron chi connectivity index (χ3n) is 0.591. The Hall–Kier alpha value is -0.800. The van der Waals surface area contributed by atoms with E-state index in [0.717, 1.165) is 12.2 Å². The van der Waals surface area contributed by atoms with Gasteiger partial charge in [0.15, 0.2) is 5.79 Å². The Bertz CT molecular complexity index is 130. The standard InChI is InChI=1S/C6H10O3/c1-5(7)3-4-6(2,8)9/h3-4,7-9H,1H2,2H3/b4-3+. The first-order valence-corrected chi connectivity index (χ1v) is 2.44. The van der Waals surface area contributed by atoms with E-state index in [1.165, 1.54) is 6.92 Å². The van der Waals surface area contributed by atoms with Crippen molar-refractivity contribution in [3.63, 3.8) is 0 Å². The van der Waals surface area contributed by atoms with Crippen LogP contribution in [0.3, 0.4) is 0 Å². The largest absolute Gasteiger partial charge is 0.509 e. The van der Waals surface area contributed by atoms with Crippen molar-refractivity contribution in [1.29, 1.82) is 0 Å². The van der Waals surface area contributed by atoms with Crippen LogP contribution in [0.5, 0.6) is 0 Å². The Balaban J connectivity index is 3.86. The highest BCUT2D eigenvalue weighted by atomic mass is 16.5. The van der Waals surface area contributed by atoms with Gasteiger partial charge in [-0.25, -0.2) is 0 Å². The smallest absolute Gasteiger partial charge is 0.180 e. The van der Waals surface area contributed by atoms with Crippen molar-refractivity contribution in [2.45, 2.75) is 12.7 Å². The summed E-state index contributed by atoms with van der Waals surface area (Å²) >= 11 is 0. The molecule has 3 N–H and O–H groups in total. The van der Waals surface area contributed by atoms with Gasteiger partial charge in [0.05, 0.1) is 0 Å². The summed E-state index contributed by atoms with van der Waals surface area (Å²) in [4.78, 5) is 0. The molecule has 0 radical (unpaired) electrons. The third-order valence-corrected chi connectivity index (χ3v) is 0.591. The molecule has 0 aliphatic heterocycles. The van der Waals surface area contributed by atoms with Crippen LogP contribution in [0.25, 0.3) is 0 Å². The molecule has 0 fully saturated rings. The first kappa shape index (κ1) is 8.20. The Kier molecular flexibility index (Phi) is 2.42. The van der Waals surface area contributed by atoms with Gasteiger partial charge in [0, 0.05) is 0 Å². The maximum Gasteiger partial charge on any atom is 0.180 e. The van der Waals surface area contributed by atoms with E-state index in [4.69, 9.17) is 15.3 Å². The van der Waals surface area contributed by atoms with Gasteiger partial charge in [0.2, 0.25) is 0 Å². The molecular weight excluding hydrogens is 120 g/mol. The fraction of sp³-hybridized carbons (Fsp3) is 0.333. The van der Waals surface area contributed by atoms with Crippen LogP contribution in [-0.2, 0) is 0 Å². The van der Waals surface area contributed by atoms with E-state index in [1.807, 2.05) is 0 Å². The minimum Gasteiger partial charge on any atom is -0.509 e. The topological polar surface area (TPSA) is 60.7 Å². The van der Waals surface area contributed by atoms with Crippen LogP contribution in [0, 0.1) is 0 Å². The highest BCUT2D eigenvalue weighted by molar-refractivity contribution is 5.08. The SMILES string of the molecule is C=C(O)/C=C/C(C)(O)O. The van der Waals surface area contributed by atoms with Crippen LogP contribution in [0.2, 0.25) is 0 Å². The van der Waals surface area contributed by atoms with E-state index in [2.05, 4.69) is 6.58 Å². The molecule has 0 aromatic rings. The van der Waals surface area contributed by atoms with Gasteiger partial charge in [-0.1, -0.05) is 6.58 Å². The van der Waals surface area contributed by atoms with Crippen molar-refractivity contribution in [2.75, 3.05) is 0 Å². The second kappa shape index (κ2) is 2.66. The Labute approximate surface area is 53.6 Å². The number of hydrogen-bond acceptors (Lipinski definition) is 3. The normalized spacial score (nSPS) is 12.3. The van der Waals surface area contributed by atoms with Gasteiger partial charge in [0.1, 0.15) is 5.76 Å². The average molecular weight is 130 g/mol. The van der Waals surface area contributed by atoms with Gasteiger partial charge < -0.3 is 15.3 Å².